The molecule has 0 fully saturated rings. The molecule has 0 unspecified atom stereocenters. The van der Waals surface area contributed by atoms with Crippen molar-refractivity contribution in [2.45, 2.75) is 6.92 Å². The second kappa shape index (κ2) is 6.82. The SMILES string of the molecule is Cc1cccc(-c2cn3cc(-c4ccccc4)cc(-c4ccccc4)c3n2)c1. The minimum absolute atomic E-state index is 0.974. The minimum Gasteiger partial charge on any atom is -0.305 e. The summed E-state index contributed by atoms with van der Waals surface area (Å²) in [6.07, 6.45) is 4.30. The Morgan fingerprint density at radius 2 is 1.29 bits per heavy atom. The van der Waals surface area contributed by atoms with E-state index in [-0.39, 0.29) is 0 Å². The number of fused-ring (bicyclic) bond motifs is 1. The third kappa shape index (κ3) is 2.99. The normalized spacial score (nSPS) is 11.0. The van der Waals surface area contributed by atoms with Crippen LogP contribution in [0.15, 0.2) is 103 Å². The maximum atomic E-state index is 5.00. The van der Waals surface area contributed by atoms with Gasteiger partial charge in [0.05, 0.1) is 5.69 Å². The van der Waals surface area contributed by atoms with Crippen molar-refractivity contribution in [3.8, 4) is 33.5 Å². The molecule has 0 amide bonds. The minimum atomic E-state index is 0.974. The Kier molecular flexibility index (Phi) is 4.02. The Balaban J connectivity index is 1.77. The molecule has 0 bridgehead atoms. The average Bonchev–Trinajstić information content (AvgIpc) is 3.19. The smallest absolute Gasteiger partial charge is 0.145 e. The quantitative estimate of drug-likeness (QED) is 0.352. The molecule has 0 spiro atoms. The molecule has 0 aliphatic heterocycles. The highest BCUT2D eigenvalue weighted by molar-refractivity contribution is 5.84. The molecule has 0 aliphatic carbocycles. The lowest BCUT2D eigenvalue weighted by Gasteiger charge is -2.09. The van der Waals surface area contributed by atoms with Crippen molar-refractivity contribution >= 4 is 5.65 Å². The van der Waals surface area contributed by atoms with Gasteiger partial charge in [-0.15, -0.1) is 0 Å². The van der Waals surface area contributed by atoms with Gasteiger partial charge in [0, 0.05) is 23.5 Å². The maximum Gasteiger partial charge on any atom is 0.145 e. The summed E-state index contributed by atoms with van der Waals surface area (Å²) in [6.45, 7) is 2.11. The van der Waals surface area contributed by atoms with Gasteiger partial charge in [0.1, 0.15) is 5.65 Å². The van der Waals surface area contributed by atoms with Crippen molar-refractivity contribution in [2.75, 3.05) is 0 Å². The highest BCUT2D eigenvalue weighted by atomic mass is 15.0. The van der Waals surface area contributed by atoms with E-state index in [1.807, 2.05) is 12.1 Å². The van der Waals surface area contributed by atoms with E-state index in [4.69, 9.17) is 4.98 Å². The first-order chi connectivity index (χ1) is 13.8. The molecule has 2 heteroatoms. The summed E-state index contributed by atoms with van der Waals surface area (Å²) in [5, 5.41) is 0. The van der Waals surface area contributed by atoms with E-state index in [1.54, 1.807) is 0 Å². The Morgan fingerprint density at radius 3 is 2.00 bits per heavy atom. The number of aromatic nitrogens is 2. The Labute approximate surface area is 164 Å². The Morgan fingerprint density at radius 1 is 0.607 bits per heavy atom. The van der Waals surface area contributed by atoms with Gasteiger partial charge < -0.3 is 4.40 Å². The van der Waals surface area contributed by atoms with E-state index in [0.29, 0.717) is 0 Å². The summed E-state index contributed by atoms with van der Waals surface area (Å²) in [6, 6.07) is 31.7. The van der Waals surface area contributed by atoms with E-state index in [1.165, 1.54) is 22.3 Å². The fraction of sp³-hybridized carbons (Fsp3) is 0.0385. The number of rotatable bonds is 3. The fourth-order valence-electron chi connectivity index (χ4n) is 3.66. The van der Waals surface area contributed by atoms with Crippen LogP contribution in [0.3, 0.4) is 0 Å². The maximum absolute atomic E-state index is 5.00. The van der Waals surface area contributed by atoms with Crippen LogP contribution in [0.25, 0.3) is 39.2 Å². The molecule has 0 N–H and O–H groups in total. The molecule has 0 radical (unpaired) electrons. The summed E-state index contributed by atoms with van der Waals surface area (Å²) in [5.41, 5.74) is 9.04. The Hall–Kier alpha value is -3.65. The fourth-order valence-corrected chi connectivity index (χ4v) is 3.66. The van der Waals surface area contributed by atoms with E-state index in [0.717, 1.165) is 22.5 Å². The molecule has 2 heterocycles. The van der Waals surface area contributed by atoms with Gasteiger partial charge in [-0.2, -0.15) is 0 Å². The second-order valence-electron chi connectivity index (χ2n) is 7.10. The molecule has 28 heavy (non-hydrogen) atoms. The van der Waals surface area contributed by atoms with Gasteiger partial charge in [-0.25, -0.2) is 4.98 Å². The van der Waals surface area contributed by atoms with Crippen LogP contribution in [0.5, 0.6) is 0 Å². The van der Waals surface area contributed by atoms with Gasteiger partial charge in [-0.1, -0.05) is 84.4 Å². The number of aryl methyl sites for hydroxylation is 1. The first-order valence-corrected chi connectivity index (χ1v) is 9.48. The van der Waals surface area contributed by atoms with Crippen LogP contribution in [-0.2, 0) is 0 Å². The molecule has 0 saturated carbocycles. The summed E-state index contributed by atoms with van der Waals surface area (Å²) >= 11 is 0. The first-order valence-electron chi connectivity index (χ1n) is 9.48. The summed E-state index contributed by atoms with van der Waals surface area (Å²) < 4.78 is 2.16. The van der Waals surface area contributed by atoms with Gasteiger partial charge >= 0.3 is 0 Å². The van der Waals surface area contributed by atoms with Crippen LogP contribution < -0.4 is 0 Å². The molecule has 0 atom stereocenters. The van der Waals surface area contributed by atoms with E-state index in [9.17, 15) is 0 Å². The number of hydrogen-bond acceptors (Lipinski definition) is 1. The van der Waals surface area contributed by atoms with E-state index in [2.05, 4.69) is 103 Å². The van der Waals surface area contributed by atoms with Crippen molar-refractivity contribution in [1.29, 1.82) is 0 Å². The number of nitrogens with zero attached hydrogens (tertiary/aromatic N) is 2. The molecule has 134 valence electrons. The molecular formula is C26H20N2. The monoisotopic (exact) mass is 360 g/mol. The van der Waals surface area contributed by atoms with Crippen molar-refractivity contribution in [2.24, 2.45) is 0 Å². The lowest BCUT2D eigenvalue weighted by molar-refractivity contribution is 1.19. The van der Waals surface area contributed by atoms with E-state index >= 15 is 0 Å². The second-order valence-corrected chi connectivity index (χ2v) is 7.10. The molecule has 2 aromatic heterocycles. The molecule has 5 rings (SSSR count). The zero-order valence-corrected chi connectivity index (χ0v) is 15.7. The highest BCUT2D eigenvalue weighted by Gasteiger charge is 2.12. The van der Waals surface area contributed by atoms with Crippen LogP contribution in [0.4, 0.5) is 0 Å². The van der Waals surface area contributed by atoms with Crippen molar-refractivity contribution in [1.82, 2.24) is 9.38 Å². The van der Waals surface area contributed by atoms with Crippen molar-refractivity contribution in [3.05, 3.63) is 109 Å². The van der Waals surface area contributed by atoms with Crippen LogP contribution in [0, 0.1) is 6.92 Å². The number of imidazole rings is 1. The standard InChI is InChI=1S/C26H20N2/c1-19-9-8-14-22(15-19)25-18-28-17-23(20-10-4-2-5-11-20)16-24(26(28)27-25)21-12-6-3-7-13-21/h2-18H,1H3. The number of benzene rings is 3. The average molecular weight is 360 g/mol. The summed E-state index contributed by atoms with van der Waals surface area (Å²) in [4.78, 5) is 5.00. The molecule has 0 aliphatic rings. The lowest BCUT2D eigenvalue weighted by Crippen LogP contribution is -1.90. The van der Waals surface area contributed by atoms with Crippen LogP contribution in [-0.4, -0.2) is 9.38 Å². The predicted molar refractivity (Wildman–Crippen MR) is 116 cm³/mol. The highest BCUT2D eigenvalue weighted by Crippen LogP contribution is 2.32. The molecule has 2 nitrogen and oxygen atoms in total. The zero-order chi connectivity index (χ0) is 18.9. The van der Waals surface area contributed by atoms with Crippen LogP contribution in [0.1, 0.15) is 5.56 Å². The largest absolute Gasteiger partial charge is 0.305 e. The molecule has 0 saturated heterocycles. The van der Waals surface area contributed by atoms with Gasteiger partial charge in [-0.3, -0.25) is 0 Å². The molecule has 3 aromatic carbocycles. The van der Waals surface area contributed by atoms with Crippen LogP contribution in [0.2, 0.25) is 0 Å². The van der Waals surface area contributed by atoms with Crippen molar-refractivity contribution in [3.63, 3.8) is 0 Å². The van der Waals surface area contributed by atoms with Crippen LogP contribution >= 0.6 is 0 Å². The first kappa shape index (κ1) is 16.5. The predicted octanol–water partition coefficient (Wildman–Crippen LogP) is 6.64. The summed E-state index contributed by atoms with van der Waals surface area (Å²) in [7, 11) is 0. The van der Waals surface area contributed by atoms with E-state index < -0.39 is 0 Å². The van der Waals surface area contributed by atoms with Gasteiger partial charge in [0.2, 0.25) is 0 Å². The summed E-state index contributed by atoms with van der Waals surface area (Å²) in [5.74, 6) is 0. The Bertz CT molecular complexity index is 1250. The molecule has 5 aromatic rings. The van der Waals surface area contributed by atoms with Gasteiger partial charge in [-0.05, 0) is 35.7 Å². The van der Waals surface area contributed by atoms with Gasteiger partial charge in [0.15, 0.2) is 0 Å². The lowest BCUT2D eigenvalue weighted by atomic mass is 10.0. The third-order valence-electron chi connectivity index (χ3n) is 5.06. The zero-order valence-electron chi connectivity index (χ0n) is 15.7. The topological polar surface area (TPSA) is 17.3 Å². The number of pyridine rings is 1. The van der Waals surface area contributed by atoms with Gasteiger partial charge in [0.25, 0.3) is 0 Å². The third-order valence-corrected chi connectivity index (χ3v) is 5.06. The number of hydrogen-bond donors (Lipinski definition) is 0. The van der Waals surface area contributed by atoms with Crippen molar-refractivity contribution < 1.29 is 0 Å². The molecular weight excluding hydrogens is 340 g/mol.